The minimum Gasteiger partial charge on any atom is -0.493 e. The monoisotopic (exact) mass is 309 g/mol. The summed E-state index contributed by atoms with van der Waals surface area (Å²) in [6.45, 7) is 0. The number of aromatic nitrogens is 1. The summed E-state index contributed by atoms with van der Waals surface area (Å²) in [5, 5.41) is 1.09. The Kier molecular flexibility index (Phi) is 4.33. The lowest BCUT2D eigenvalue weighted by Crippen LogP contribution is -1.97. The van der Waals surface area contributed by atoms with E-state index in [1.807, 2.05) is 30.3 Å². The number of benzene rings is 2. The molecule has 0 fully saturated rings. The van der Waals surface area contributed by atoms with E-state index in [0.29, 0.717) is 5.88 Å². The number of rotatable bonds is 5. The van der Waals surface area contributed by atoms with Crippen LogP contribution in [0.15, 0.2) is 48.5 Å². The van der Waals surface area contributed by atoms with Gasteiger partial charge in [0, 0.05) is 23.4 Å². The highest BCUT2D eigenvalue weighted by molar-refractivity contribution is 5.80. The first kappa shape index (κ1) is 15.2. The summed E-state index contributed by atoms with van der Waals surface area (Å²) < 4.78 is 16.0. The van der Waals surface area contributed by atoms with Crippen molar-refractivity contribution in [3.63, 3.8) is 0 Å². The third kappa shape index (κ3) is 3.06. The Hall–Kier alpha value is -2.75. The Balaban J connectivity index is 1.96. The standard InChI is InChI=1S/C19H19NO3/c1-21-17-6-4-5-15(19(17)23-3)12-13-7-9-16-14(11-13)8-10-18(20-16)22-2/h4-11H,12H2,1-3H3. The summed E-state index contributed by atoms with van der Waals surface area (Å²) in [5.41, 5.74) is 3.20. The molecule has 0 atom stereocenters. The molecule has 0 spiro atoms. The SMILES string of the molecule is COc1ccc2cc(Cc3cccc(OC)c3OC)ccc2n1. The van der Waals surface area contributed by atoms with Gasteiger partial charge in [0.2, 0.25) is 5.88 Å². The van der Waals surface area contributed by atoms with Gasteiger partial charge in [-0.25, -0.2) is 4.98 Å². The quantitative estimate of drug-likeness (QED) is 0.718. The summed E-state index contributed by atoms with van der Waals surface area (Å²) in [7, 11) is 4.94. The van der Waals surface area contributed by atoms with E-state index >= 15 is 0 Å². The van der Waals surface area contributed by atoms with Gasteiger partial charge in [-0.2, -0.15) is 0 Å². The van der Waals surface area contributed by atoms with Crippen molar-refractivity contribution in [3.8, 4) is 17.4 Å². The van der Waals surface area contributed by atoms with Gasteiger partial charge in [0.1, 0.15) is 0 Å². The number of para-hydroxylation sites is 1. The molecule has 1 heterocycles. The molecular weight excluding hydrogens is 290 g/mol. The van der Waals surface area contributed by atoms with E-state index in [9.17, 15) is 0 Å². The molecular formula is C19H19NO3. The van der Waals surface area contributed by atoms with E-state index in [-0.39, 0.29) is 0 Å². The Bertz CT molecular complexity index is 830. The molecule has 0 bridgehead atoms. The first-order valence-electron chi connectivity index (χ1n) is 7.38. The summed E-state index contributed by atoms with van der Waals surface area (Å²) in [6.07, 6.45) is 0.766. The highest BCUT2D eigenvalue weighted by Gasteiger charge is 2.10. The average Bonchev–Trinajstić information content (AvgIpc) is 2.60. The molecule has 4 heteroatoms. The van der Waals surface area contributed by atoms with Crippen LogP contribution in [0.1, 0.15) is 11.1 Å². The molecule has 0 radical (unpaired) electrons. The second kappa shape index (κ2) is 6.57. The first-order valence-corrected chi connectivity index (χ1v) is 7.38. The van der Waals surface area contributed by atoms with Crippen molar-refractivity contribution < 1.29 is 14.2 Å². The van der Waals surface area contributed by atoms with Crippen LogP contribution in [0.5, 0.6) is 17.4 Å². The van der Waals surface area contributed by atoms with E-state index in [1.165, 1.54) is 5.56 Å². The number of methoxy groups -OCH3 is 3. The molecule has 4 nitrogen and oxygen atoms in total. The second-order valence-corrected chi connectivity index (χ2v) is 5.21. The lowest BCUT2D eigenvalue weighted by Gasteiger charge is -2.13. The molecule has 0 aliphatic rings. The van der Waals surface area contributed by atoms with Crippen LogP contribution in [-0.4, -0.2) is 26.3 Å². The molecule has 0 aliphatic heterocycles. The Morgan fingerprint density at radius 3 is 2.48 bits per heavy atom. The van der Waals surface area contributed by atoms with Crippen molar-refractivity contribution in [2.75, 3.05) is 21.3 Å². The first-order chi connectivity index (χ1) is 11.2. The maximum Gasteiger partial charge on any atom is 0.213 e. The minimum atomic E-state index is 0.625. The molecule has 0 saturated carbocycles. The van der Waals surface area contributed by atoms with Gasteiger partial charge in [-0.1, -0.05) is 18.2 Å². The van der Waals surface area contributed by atoms with Crippen LogP contribution < -0.4 is 14.2 Å². The predicted octanol–water partition coefficient (Wildman–Crippen LogP) is 3.85. The van der Waals surface area contributed by atoms with Crippen molar-refractivity contribution in [1.82, 2.24) is 4.98 Å². The second-order valence-electron chi connectivity index (χ2n) is 5.21. The highest BCUT2D eigenvalue weighted by Crippen LogP contribution is 2.32. The van der Waals surface area contributed by atoms with E-state index in [1.54, 1.807) is 21.3 Å². The largest absolute Gasteiger partial charge is 0.493 e. The zero-order valence-electron chi connectivity index (χ0n) is 13.5. The molecule has 23 heavy (non-hydrogen) atoms. The lowest BCUT2D eigenvalue weighted by atomic mass is 10.0. The van der Waals surface area contributed by atoms with Gasteiger partial charge < -0.3 is 14.2 Å². The maximum absolute atomic E-state index is 5.50. The fourth-order valence-corrected chi connectivity index (χ4v) is 2.69. The number of fused-ring (bicyclic) bond motifs is 1. The topological polar surface area (TPSA) is 40.6 Å². The van der Waals surface area contributed by atoms with Gasteiger partial charge in [-0.3, -0.25) is 0 Å². The average molecular weight is 309 g/mol. The van der Waals surface area contributed by atoms with Crippen molar-refractivity contribution in [2.24, 2.45) is 0 Å². The molecule has 0 amide bonds. The van der Waals surface area contributed by atoms with Crippen molar-refractivity contribution in [1.29, 1.82) is 0 Å². The molecule has 3 aromatic rings. The molecule has 1 aromatic heterocycles. The van der Waals surface area contributed by atoms with Crippen LogP contribution in [0.4, 0.5) is 0 Å². The molecule has 0 saturated heterocycles. The van der Waals surface area contributed by atoms with Crippen LogP contribution in [0.3, 0.4) is 0 Å². The summed E-state index contributed by atoms with van der Waals surface area (Å²) in [6, 6.07) is 16.1. The molecule has 118 valence electrons. The van der Waals surface area contributed by atoms with Crippen molar-refractivity contribution >= 4 is 10.9 Å². The molecule has 3 rings (SSSR count). The summed E-state index contributed by atoms with van der Waals surface area (Å²) >= 11 is 0. The predicted molar refractivity (Wildman–Crippen MR) is 90.6 cm³/mol. The van der Waals surface area contributed by atoms with Gasteiger partial charge in [-0.05, 0) is 29.8 Å². The Morgan fingerprint density at radius 1 is 0.870 bits per heavy atom. The number of hydrogen-bond donors (Lipinski definition) is 0. The van der Waals surface area contributed by atoms with Crippen LogP contribution in [0, 0.1) is 0 Å². The van der Waals surface area contributed by atoms with Crippen LogP contribution in [-0.2, 0) is 6.42 Å². The zero-order chi connectivity index (χ0) is 16.2. The van der Waals surface area contributed by atoms with Crippen molar-refractivity contribution in [3.05, 3.63) is 59.7 Å². The van der Waals surface area contributed by atoms with Gasteiger partial charge >= 0.3 is 0 Å². The molecule has 0 N–H and O–H groups in total. The Labute approximate surface area is 135 Å². The third-order valence-corrected chi connectivity index (χ3v) is 3.82. The van der Waals surface area contributed by atoms with Gasteiger partial charge in [0.05, 0.1) is 26.8 Å². The summed E-state index contributed by atoms with van der Waals surface area (Å²) in [5.74, 6) is 2.15. The zero-order valence-corrected chi connectivity index (χ0v) is 13.5. The number of nitrogens with zero attached hydrogens (tertiary/aromatic N) is 1. The maximum atomic E-state index is 5.50. The van der Waals surface area contributed by atoms with E-state index in [2.05, 4.69) is 23.2 Å². The lowest BCUT2D eigenvalue weighted by molar-refractivity contribution is 0.352. The fourth-order valence-electron chi connectivity index (χ4n) is 2.69. The molecule has 0 unspecified atom stereocenters. The summed E-state index contributed by atoms with van der Waals surface area (Å²) in [4.78, 5) is 4.44. The van der Waals surface area contributed by atoms with Gasteiger partial charge in [-0.15, -0.1) is 0 Å². The van der Waals surface area contributed by atoms with Crippen molar-refractivity contribution in [2.45, 2.75) is 6.42 Å². The number of pyridine rings is 1. The smallest absolute Gasteiger partial charge is 0.213 e. The number of ether oxygens (including phenoxy) is 3. The van der Waals surface area contributed by atoms with Crippen LogP contribution in [0.25, 0.3) is 10.9 Å². The fraction of sp³-hybridized carbons (Fsp3) is 0.211. The normalized spacial score (nSPS) is 10.6. The third-order valence-electron chi connectivity index (χ3n) is 3.82. The van der Waals surface area contributed by atoms with E-state index in [4.69, 9.17) is 14.2 Å². The Morgan fingerprint density at radius 2 is 1.74 bits per heavy atom. The highest BCUT2D eigenvalue weighted by atomic mass is 16.5. The van der Waals surface area contributed by atoms with E-state index in [0.717, 1.165) is 34.4 Å². The van der Waals surface area contributed by atoms with Gasteiger partial charge in [0.15, 0.2) is 11.5 Å². The van der Waals surface area contributed by atoms with Crippen LogP contribution >= 0.6 is 0 Å². The minimum absolute atomic E-state index is 0.625. The number of hydrogen-bond acceptors (Lipinski definition) is 4. The van der Waals surface area contributed by atoms with E-state index < -0.39 is 0 Å². The molecule has 2 aromatic carbocycles. The van der Waals surface area contributed by atoms with Gasteiger partial charge in [0.25, 0.3) is 0 Å². The van der Waals surface area contributed by atoms with Crippen LogP contribution in [0.2, 0.25) is 0 Å². The molecule has 0 aliphatic carbocycles.